The molecule has 0 unspecified atom stereocenters. The highest BCUT2D eigenvalue weighted by atomic mass is 19.1. The zero-order valence-corrected chi connectivity index (χ0v) is 14.3. The Morgan fingerprint density at radius 3 is 2.81 bits per heavy atom. The van der Waals surface area contributed by atoms with E-state index in [1.807, 2.05) is 13.8 Å². The molecule has 0 aliphatic carbocycles. The summed E-state index contributed by atoms with van der Waals surface area (Å²) in [7, 11) is 0. The Kier molecular flexibility index (Phi) is 5.01. The summed E-state index contributed by atoms with van der Waals surface area (Å²) in [4.78, 5) is 12.3. The molecule has 2 heterocycles. The maximum Gasteiger partial charge on any atom is 0.292 e. The van der Waals surface area contributed by atoms with E-state index < -0.39 is 17.5 Å². The fraction of sp³-hybridized carbons (Fsp3) is 0.222. The molecule has 0 spiro atoms. The predicted octanol–water partition coefficient (Wildman–Crippen LogP) is 3.91. The molecule has 0 radical (unpaired) electrons. The van der Waals surface area contributed by atoms with Crippen molar-refractivity contribution in [1.29, 1.82) is 0 Å². The van der Waals surface area contributed by atoms with E-state index in [4.69, 9.17) is 9.15 Å². The number of hydrogen-bond donors (Lipinski definition) is 1. The lowest BCUT2D eigenvalue weighted by molar-refractivity contribution is 0.0991. The highest BCUT2D eigenvalue weighted by Crippen LogP contribution is 2.20. The smallest absolute Gasteiger partial charge is 0.292 e. The highest BCUT2D eigenvalue weighted by Gasteiger charge is 2.15. The van der Waals surface area contributed by atoms with Crippen molar-refractivity contribution >= 4 is 11.7 Å². The standard InChI is InChI=1S/C18H17F2N3O3/c1-3-23-17(8-11(2)22-23)21-18(24)16-7-5-13(26-16)10-25-15-6-4-12(19)9-14(15)20/h4-9H,3,10H2,1-2H3,(H,21,24). The van der Waals surface area contributed by atoms with Gasteiger partial charge in [-0.2, -0.15) is 5.10 Å². The molecule has 0 aliphatic rings. The minimum absolute atomic E-state index is 0.0877. The Labute approximate surface area is 148 Å². The summed E-state index contributed by atoms with van der Waals surface area (Å²) in [6.45, 7) is 4.27. The number of amides is 1. The molecule has 1 amide bonds. The number of hydrogen-bond acceptors (Lipinski definition) is 4. The topological polar surface area (TPSA) is 69.3 Å². The summed E-state index contributed by atoms with van der Waals surface area (Å²) < 4.78 is 38.7. The molecule has 0 saturated carbocycles. The van der Waals surface area contributed by atoms with Gasteiger partial charge in [-0.15, -0.1) is 0 Å². The zero-order valence-electron chi connectivity index (χ0n) is 14.3. The Balaban J connectivity index is 1.64. The Morgan fingerprint density at radius 2 is 2.08 bits per heavy atom. The van der Waals surface area contributed by atoms with Crippen LogP contribution in [0.1, 0.15) is 28.9 Å². The van der Waals surface area contributed by atoms with Gasteiger partial charge in [-0.3, -0.25) is 4.79 Å². The van der Waals surface area contributed by atoms with Crippen LogP contribution in [0.3, 0.4) is 0 Å². The molecular formula is C18H17F2N3O3. The lowest BCUT2D eigenvalue weighted by Crippen LogP contribution is -2.14. The number of nitrogens with zero attached hydrogens (tertiary/aromatic N) is 2. The minimum atomic E-state index is -0.808. The van der Waals surface area contributed by atoms with Crippen LogP contribution < -0.4 is 10.1 Å². The highest BCUT2D eigenvalue weighted by molar-refractivity contribution is 6.01. The molecule has 1 N–H and O–H groups in total. The van der Waals surface area contributed by atoms with Crippen LogP contribution in [0.4, 0.5) is 14.6 Å². The van der Waals surface area contributed by atoms with Crippen molar-refractivity contribution < 1.29 is 22.7 Å². The van der Waals surface area contributed by atoms with Crippen molar-refractivity contribution in [3.8, 4) is 5.75 Å². The van der Waals surface area contributed by atoms with Gasteiger partial charge in [0.2, 0.25) is 0 Å². The Hall–Kier alpha value is -3.16. The van der Waals surface area contributed by atoms with Gasteiger partial charge in [0.05, 0.1) is 5.69 Å². The molecule has 3 rings (SSSR count). The van der Waals surface area contributed by atoms with E-state index in [-0.39, 0.29) is 18.1 Å². The number of aromatic nitrogens is 2. The molecule has 136 valence electrons. The first-order valence-electron chi connectivity index (χ1n) is 7.98. The first-order chi connectivity index (χ1) is 12.5. The van der Waals surface area contributed by atoms with Crippen molar-refractivity contribution in [1.82, 2.24) is 9.78 Å². The molecule has 26 heavy (non-hydrogen) atoms. The average molecular weight is 361 g/mol. The number of aryl methyl sites for hydroxylation is 2. The number of benzene rings is 1. The normalized spacial score (nSPS) is 10.8. The van der Waals surface area contributed by atoms with E-state index in [0.717, 1.165) is 17.8 Å². The molecular weight excluding hydrogens is 344 g/mol. The van der Waals surface area contributed by atoms with Crippen LogP contribution in [0.25, 0.3) is 0 Å². The number of carbonyl (C=O) groups is 1. The van der Waals surface area contributed by atoms with E-state index in [2.05, 4.69) is 10.4 Å². The lowest BCUT2D eigenvalue weighted by Gasteiger charge is -2.06. The molecule has 3 aromatic rings. The molecule has 0 aliphatic heterocycles. The van der Waals surface area contributed by atoms with Gasteiger partial charge >= 0.3 is 0 Å². The van der Waals surface area contributed by atoms with Crippen molar-refractivity contribution in [3.63, 3.8) is 0 Å². The van der Waals surface area contributed by atoms with Gasteiger partial charge in [-0.05, 0) is 38.1 Å². The van der Waals surface area contributed by atoms with Gasteiger partial charge in [0.15, 0.2) is 17.3 Å². The molecule has 2 aromatic heterocycles. The second-order valence-corrected chi connectivity index (χ2v) is 5.57. The summed E-state index contributed by atoms with van der Waals surface area (Å²) in [6, 6.07) is 7.82. The molecule has 0 atom stereocenters. The van der Waals surface area contributed by atoms with Gasteiger partial charge in [0, 0.05) is 18.7 Å². The first kappa shape index (κ1) is 17.7. The van der Waals surface area contributed by atoms with Crippen LogP contribution in [0.2, 0.25) is 0 Å². The van der Waals surface area contributed by atoms with Crippen molar-refractivity contribution in [3.05, 3.63) is 65.2 Å². The number of rotatable bonds is 6. The molecule has 0 bridgehead atoms. The number of furan rings is 1. The van der Waals surface area contributed by atoms with Gasteiger partial charge in [-0.1, -0.05) is 0 Å². The van der Waals surface area contributed by atoms with E-state index >= 15 is 0 Å². The third-order valence-electron chi connectivity index (χ3n) is 3.59. The fourth-order valence-electron chi connectivity index (χ4n) is 2.38. The van der Waals surface area contributed by atoms with Crippen molar-refractivity contribution in [2.45, 2.75) is 27.0 Å². The minimum Gasteiger partial charge on any atom is -0.483 e. The monoisotopic (exact) mass is 361 g/mol. The number of anilines is 1. The van der Waals surface area contributed by atoms with Gasteiger partial charge < -0.3 is 14.5 Å². The maximum atomic E-state index is 13.5. The van der Waals surface area contributed by atoms with Gasteiger partial charge in [0.1, 0.15) is 24.0 Å². The molecule has 1 aromatic carbocycles. The number of ether oxygens (including phenoxy) is 1. The molecule has 0 saturated heterocycles. The molecule has 6 nitrogen and oxygen atoms in total. The first-order valence-corrected chi connectivity index (χ1v) is 7.98. The lowest BCUT2D eigenvalue weighted by atomic mass is 10.3. The second-order valence-electron chi connectivity index (χ2n) is 5.57. The second kappa shape index (κ2) is 7.38. The van der Waals surface area contributed by atoms with Gasteiger partial charge in [-0.25, -0.2) is 13.5 Å². The van der Waals surface area contributed by atoms with Gasteiger partial charge in [0.25, 0.3) is 5.91 Å². The van der Waals surface area contributed by atoms with Crippen LogP contribution in [-0.2, 0) is 13.2 Å². The maximum absolute atomic E-state index is 13.5. The average Bonchev–Trinajstić information content (AvgIpc) is 3.20. The predicted molar refractivity (Wildman–Crippen MR) is 90.0 cm³/mol. The third kappa shape index (κ3) is 3.90. The van der Waals surface area contributed by atoms with E-state index in [9.17, 15) is 13.6 Å². The Bertz CT molecular complexity index is 934. The number of nitrogens with one attached hydrogen (secondary N) is 1. The van der Waals surface area contributed by atoms with E-state index in [1.165, 1.54) is 12.1 Å². The fourth-order valence-corrected chi connectivity index (χ4v) is 2.38. The quantitative estimate of drug-likeness (QED) is 0.723. The van der Waals surface area contributed by atoms with Crippen molar-refractivity contribution in [2.75, 3.05) is 5.32 Å². The van der Waals surface area contributed by atoms with Crippen LogP contribution in [0.5, 0.6) is 5.75 Å². The summed E-state index contributed by atoms with van der Waals surface area (Å²) in [5, 5.41) is 6.97. The largest absolute Gasteiger partial charge is 0.483 e. The van der Waals surface area contributed by atoms with E-state index in [1.54, 1.807) is 16.8 Å². The summed E-state index contributed by atoms with van der Waals surface area (Å²) in [6.07, 6.45) is 0. The summed E-state index contributed by atoms with van der Waals surface area (Å²) >= 11 is 0. The van der Waals surface area contributed by atoms with Crippen LogP contribution >= 0.6 is 0 Å². The number of halogens is 2. The van der Waals surface area contributed by atoms with E-state index in [0.29, 0.717) is 18.1 Å². The molecule has 8 heteroatoms. The van der Waals surface area contributed by atoms with Crippen LogP contribution in [0, 0.1) is 18.6 Å². The summed E-state index contributed by atoms with van der Waals surface area (Å²) in [5.41, 5.74) is 0.789. The Morgan fingerprint density at radius 1 is 1.27 bits per heavy atom. The SMILES string of the molecule is CCn1nc(C)cc1NC(=O)c1ccc(COc2ccc(F)cc2F)o1. The van der Waals surface area contributed by atoms with Crippen LogP contribution in [0.15, 0.2) is 40.8 Å². The number of carbonyl (C=O) groups excluding carboxylic acids is 1. The summed E-state index contributed by atoms with van der Waals surface area (Å²) in [5.74, 6) is -1.04. The van der Waals surface area contributed by atoms with Crippen molar-refractivity contribution in [2.24, 2.45) is 0 Å². The third-order valence-corrected chi connectivity index (χ3v) is 3.59. The zero-order chi connectivity index (χ0) is 18.7. The molecule has 0 fully saturated rings. The van der Waals surface area contributed by atoms with Crippen LogP contribution in [-0.4, -0.2) is 15.7 Å².